The molecule has 0 heterocycles. The molecule has 1 atom stereocenters. The quantitative estimate of drug-likeness (QED) is 0.814. The molecule has 1 rings (SSSR count). The number of benzene rings is 1. The largest absolute Gasteiger partial charge is 0.573 e. The summed E-state index contributed by atoms with van der Waals surface area (Å²) in [6, 6.07) is 2.78. The highest BCUT2D eigenvalue weighted by Gasteiger charge is 2.31. The molecule has 0 bridgehead atoms. The van der Waals surface area contributed by atoms with Crippen LogP contribution in [0.1, 0.15) is 17.3 Å². The summed E-state index contributed by atoms with van der Waals surface area (Å²) in [5, 5.41) is 1.71. The van der Waals surface area contributed by atoms with E-state index >= 15 is 0 Å². The summed E-state index contributed by atoms with van der Waals surface area (Å²) in [7, 11) is 0. The second-order valence-corrected chi connectivity index (χ2v) is 3.97. The highest BCUT2D eigenvalue weighted by Crippen LogP contribution is 2.22. The van der Waals surface area contributed by atoms with Gasteiger partial charge in [-0.05, 0) is 31.2 Å². The summed E-state index contributed by atoms with van der Waals surface area (Å²) in [5.74, 6) is -2.41. The van der Waals surface area contributed by atoms with E-state index < -0.39 is 36.1 Å². The molecule has 3 amide bonds. The minimum Gasteiger partial charge on any atom is -0.449 e. The van der Waals surface area contributed by atoms with Gasteiger partial charge in [-0.25, -0.2) is 9.59 Å². The average Bonchev–Trinajstić information content (AvgIpc) is 2.36. The Morgan fingerprint density at radius 3 is 2.18 bits per heavy atom. The first kappa shape index (κ1) is 17.3. The maximum absolute atomic E-state index is 12.0. The fourth-order valence-corrected chi connectivity index (χ4v) is 1.30. The van der Waals surface area contributed by atoms with Crippen LogP contribution in [0.4, 0.5) is 18.0 Å². The summed E-state index contributed by atoms with van der Waals surface area (Å²) in [6.45, 7) is 1.19. The predicted molar refractivity (Wildman–Crippen MR) is 65.7 cm³/mol. The lowest BCUT2D eigenvalue weighted by Gasteiger charge is -2.12. The molecule has 0 aliphatic rings. The van der Waals surface area contributed by atoms with Crippen LogP contribution >= 0.6 is 0 Å². The molecule has 1 aromatic carbocycles. The monoisotopic (exact) mass is 320 g/mol. The second-order valence-electron chi connectivity index (χ2n) is 3.97. The zero-order chi connectivity index (χ0) is 16.9. The zero-order valence-corrected chi connectivity index (χ0v) is 11.1. The minimum atomic E-state index is -4.84. The number of primary amides is 1. The van der Waals surface area contributed by atoms with Crippen molar-refractivity contribution in [3.05, 3.63) is 29.8 Å². The maximum Gasteiger partial charge on any atom is 0.573 e. The van der Waals surface area contributed by atoms with E-state index in [1.165, 1.54) is 6.92 Å². The van der Waals surface area contributed by atoms with Crippen molar-refractivity contribution in [3.8, 4) is 5.75 Å². The highest BCUT2D eigenvalue weighted by molar-refractivity contribution is 5.98. The van der Waals surface area contributed by atoms with Crippen LogP contribution in [-0.2, 0) is 9.53 Å². The maximum atomic E-state index is 12.0. The van der Waals surface area contributed by atoms with Crippen LogP contribution in [0.2, 0.25) is 0 Å². The molecule has 120 valence electrons. The summed E-state index contributed by atoms with van der Waals surface area (Å²) in [5.41, 5.74) is 4.62. The van der Waals surface area contributed by atoms with E-state index in [0.717, 1.165) is 24.3 Å². The number of rotatable bonds is 4. The Labute approximate surface area is 122 Å². The molecule has 0 unspecified atom stereocenters. The van der Waals surface area contributed by atoms with Gasteiger partial charge < -0.3 is 15.2 Å². The van der Waals surface area contributed by atoms with Crippen molar-refractivity contribution in [2.75, 3.05) is 0 Å². The Bertz CT molecular complexity index is 571. The topological polar surface area (TPSA) is 108 Å². The molecule has 0 radical (unpaired) electrons. The Morgan fingerprint density at radius 2 is 1.73 bits per heavy atom. The van der Waals surface area contributed by atoms with Gasteiger partial charge in [-0.15, -0.1) is 13.2 Å². The van der Waals surface area contributed by atoms with Crippen molar-refractivity contribution < 1.29 is 37.0 Å². The van der Waals surface area contributed by atoms with Gasteiger partial charge in [0, 0.05) is 0 Å². The van der Waals surface area contributed by atoms with E-state index in [9.17, 15) is 27.6 Å². The van der Waals surface area contributed by atoms with E-state index in [1.807, 2.05) is 0 Å². The Balaban J connectivity index is 2.66. The van der Waals surface area contributed by atoms with Gasteiger partial charge in [0.05, 0.1) is 5.56 Å². The first-order valence-corrected chi connectivity index (χ1v) is 5.75. The van der Waals surface area contributed by atoms with Crippen molar-refractivity contribution >= 4 is 17.9 Å². The van der Waals surface area contributed by atoms with Crippen molar-refractivity contribution in [2.45, 2.75) is 19.4 Å². The number of alkyl halides is 3. The minimum absolute atomic E-state index is 0.103. The molecular weight excluding hydrogens is 309 g/mol. The van der Waals surface area contributed by atoms with E-state index in [1.54, 1.807) is 5.32 Å². The molecule has 22 heavy (non-hydrogen) atoms. The van der Waals surface area contributed by atoms with Crippen LogP contribution < -0.4 is 15.8 Å². The summed E-state index contributed by atoms with van der Waals surface area (Å²) in [6.07, 6.45) is -6.16. The van der Waals surface area contributed by atoms with Gasteiger partial charge in [0.15, 0.2) is 6.10 Å². The molecule has 10 heteroatoms. The molecule has 0 spiro atoms. The first-order valence-electron chi connectivity index (χ1n) is 5.75. The summed E-state index contributed by atoms with van der Waals surface area (Å²) in [4.78, 5) is 33.4. The number of ether oxygens (including phenoxy) is 2. The van der Waals surface area contributed by atoms with Gasteiger partial charge in [-0.1, -0.05) is 0 Å². The molecule has 0 aliphatic heterocycles. The lowest BCUT2D eigenvalue weighted by Crippen LogP contribution is -2.42. The summed E-state index contributed by atoms with van der Waals surface area (Å²) < 4.78 is 44.3. The van der Waals surface area contributed by atoms with Crippen LogP contribution in [0.25, 0.3) is 0 Å². The number of amides is 3. The second kappa shape index (κ2) is 6.78. The van der Waals surface area contributed by atoms with Crippen LogP contribution in [0, 0.1) is 0 Å². The van der Waals surface area contributed by atoms with Crippen LogP contribution in [0.15, 0.2) is 24.3 Å². The zero-order valence-electron chi connectivity index (χ0n) is 11.1. The smallest absolute Gasteiger partial charge is 0.449 e. The molecule has 0 aromatic heterocycles. The van der Waals surface area contributed by atoms with Gasteiger partial charge >= 0.3 is 18.4 Å². The molecule has 1 aromatic rings. The fraction of sp³-hybridized carbons (Fsp3) is 0.250. The third kappa shape index (κ3) is 5.69. The third-order valence-corrected chi connectivity index (χ3v) is 2.22. The van der Waals surface area contributed by atoms with Crippen molar-refractivity contribution in [1.29, 1.82) is 0 Å². The lowest BCUT2D eigenvalue weighted by atomic mass is 10.2. The molecular formula is C12H11F3N2O5. The van der Waals surface area contributed by atoms with Gasteiger partial charge in [0.1, 0.15) is 5.75 Å². The van der Waals surface area contributed by atoms with Crippen molar-refractivity contribution in [2.24, 2.45) is 5.73 Å². The van der Waals surface area contributed by atoms with E-state index in [4.69, 9.17) is 10.5 Å². The van der Waals surface area contributed by atoms with Crippen molar-refractivity contribution in [3.63, 3.8) is 0 Å². The number of carbonyl (C=O) groups is 3. The highest BCUT2D eigenvalue weighted by atomic mass is 19.4. The van der Waals surface area contributed by atoms with E-state index in [-0.39, 0.29) is 5.56 Å². The van der Waals surface area contributed by atoms with E-state index in [0.29, 0.717) is 0 Å². The molecule has 7 nitrogen and oxygen atoms in total. The van der Waals surface area contributed by atoms with Crippen LogP contribution in [-0.4, -0.2) is 30.4 Å². The fourth-order valence-electron chi connectivity index (χ4n) is 1.30. The number of nitrogens with one attached hydrogen (secondary N) is 1. The SMILES string of the molecule is C[C@H](OC(=O)c1ccc(OC(F)(F)F)cc1)C(=O)NC(N)=O. The molecule has 3 N–H and O–H groups in total. The Hall–Kier alpha value is -2.78. The number of hydrogen-bond acceptors (Lipinski definition) is 5. The molecule has 0 aliphatic carbocycles. The molecule has 0 fully saturated rings. The van der Waals surface area contributed by atoms with Crippen molar-refractivity contribution in [1.82, 2.24) is 5.32 Å². The number of imide groups is 1. The summed E-state index contributed by atoms with van der Waals surface area (Å²) >= 11 is 0. The number of hydrogen-bond donors (Lipinski definition) is 2. The van der Waals surface area contributed by atoms with Gasteiger partial charge in [-0.3, -0.25) is 10.1 Å². The number of urea groups is 1. The van der Waals surface area contributed by atoms with Gasteiger partial charge in [0.2, 0.25) is 0 Å². The Morgan fingerprint density at radius 1 is 1.18 bits per heavy atom. The average molecular weight is 320 g/mol. The van der Waals surface area contributed by atoms with E-state index in [2.05, 4.69) is 4.74 Å². The lowest BCUT2D eigenvalue weighted by molar-refractivity contribution is -0.274. The molecule has 0 saturated carbocycles. The number of esters is 1. The first-order chi connectivity index (χ1) is 10.1. The normalized spacial score (nSPS) is 12.2. The third-order valence-electron chi connectivity index (χ3n) is 2.22. The number of halogens is 3. The Kier molecular flexibility index (Phi) is 5.33. The van der Waals surface area contributed by atoms with Crippen LogP contribution in [0.3, 0.4) is 0 Å². The van der Waals surface area contributed by atoms with Gasteiger partial charge in [0.25, 0.3) is 5.91 Å². The van der Waals surface area contributed by atoms with Crippen LogP contribution in [0.5, 0.6) is 5.75 Å². The van der Waals surface area contributed by atoms with Gasteiger partial charge in [-0.2, -0.15) is 0 Å². The predicted octanol–water partition coefficient (Wildman–Crippen LogP) is 1.33. The molecule has 0 saturated heterocycles. The standard InChI is InChI=1S/C12H11F3N2O5/c1-6(9(18)17-11(16)20)21-10(19)7-2-4-8(5-3-7)22-12(13,14)15/h2-6H,1H3,(H3,16,17,18,20)/t6-/m0/s1. The number of carbonyl (C=O) groups excluding carboxylic acids is 3. The number of nitrogens with two attached hydrogens (primary N) is 1.